The zero-order valence-corrected chi connectivity index (χ0v) is 10.7. The Morgan fingerprint density at radius 2 is 2.00 bits per heavy atom. The molecule has 0 bridgehead atoms. The number of benzene rings is 1. The Bertz CT molecular complexity index is 339. The summed E-state index contributed by atoms with van der Waals surface area (Å²) in [7, 11) is 0. The molecular formula is C14H21NO2. The van der Waals surface area contributed by atoms with Gasteiger partial charge in [0, 0.05) is 13.1 Å². The number of carbonyl (C=O) groups is 1. The van der Waals surface area contributed by atoms with Gasteiger partial charge in [0.2, 0.25) is 0 Å². The third-order valence-corrected chi connectivity index (χ3v) is 2.89. The van der Waals surface area contributed by atoms with E-state index in [4.69, 9.17) is 0 Å². The fourth-order valence-corrected chi connectivity index (χ4v) is 1.89. The lowest BCUT2D eigenvalue weighted by Crippen LogP contribution is -2.29. The highest BCUT2D eigenvalue weighted by Gasteiger charge is 2.12. The minimum atomic E-state index is 0.431. The second-order valence-corrected chi connectivity index (χ2v) is 3.94. The Balaban J connectivity index is 0.000000249. The fraction of sp³-hybridized carbons (Fsp3) is 0.500. The van der Waals surface area contributed by atoms with Gasteiger partial charge in [-0.25, -0.2) is 0 Å². The van der Waals surface area contributed by atoms with Crippen molar-refractivity contribution >= 4 is 6.47 Å². The number of rotatable bonds is 3. The maximum atomic E-state index is 9.18. The number of hydrogen-bond acceptors (Lipinski definition) is 3. The zero-order valence-electron chi connectivity index (χ0n) is 10.7. The zero-order chi connectivity index (χ0) is 12.5. The normalized spacial score (nSPS) is 14.2. The van der Waals surface area contributed by atoms with E-state index in [0.717, 1.165) is 6.54 Å². The minimum Gasteiger partial charge on any atom is -0.468 e. The average molecular weight is 235 g/mol. The molecule has 17 heavy (non-hydrogen) atoms. The van der Waals surface area contributed by atoms with Crippen molar-refractivity contribution in [2.45, 2.75) is 26.8 Å². The molecule has 0 spiro atoms. The van der Waals surface area contributed by atoms with Gasteiger partial charge in [-0.3, -0.25) is 9.69 Å². The van der Waals surface area contributed by atoms with Gasteiger partial charge < -0.3 is 4.74 Å². The molecule has 94 valence electrons. The van der Waals surface area contributed by atoms with E-state index >= 15 is 0 Å². The van der Waals surface area contributed by atoms with Gasteiger partial charge in [0.25, 0.3) is 6.47 Å². The van der Waals surface area contributed by atoms with Crippen molar-refractivity contribution in [2.24, 2.45) is 0 Å². The first kappa shape index (κ1) is 13.7. The Kier molecular flexibility index (Phi) is 6.33. The van der Waals surface area contributed by atoms with Crippen LogP contribution in [0.4, 0.5) is 0 Å². The molecule has 0 saturated carbocycles. The van der Waals surface area contributed by atoms with Gasteiger partial charge >= 0.3 is 0 Å². The molecule has 0 amide bonds. The smallest absolute Gasteiger partial charge is 0.293 e. The van der Waals surface area contributed by atoms with Gasteiger partial charge in [-0.1, -0.05) is 31.2 Å². The fourth-order valence-electron chi connectivity index (χ4n) is 1.89. The number of nitrogens with zero attached hydrogens (tertiary/aromatic N) is 1. The third-order valence-electron chi connectivity index (χ3n) is 2.89. The van der Waals surface area contributed by atoms with Crippen molar-refractivity contribution in [3.8, 4) is 0 Å². The molecule has 0 saturated heterocycles. The van der Waals surface area contributed by atoms with Crippen LogP contribution in [0.1, 0.15) is 25.0 Å². The van der Waals surface area contributed by atoms with Crippen LogP contribution >= 0.6 is 0 Å². The standard InChI is InChI=1S/C11H15N.C3H6O2/c1-2-12-8-7-10-5-3-4-6-11(10)9-12;1-2-5-3-4/h3-6H,2,7-9H2,1H3;3H,2H2,1H3. The van der Waals surface area contributed by atoms with E-state index in [1.54, 1.807) is 12.5 Å². The number of likely N-dealkylation sites (N-methyl/N-ethyl adjacent to an activating group) is 1. The van der Waals surface area contributed by atoms with Gasteiger partial charge in [-0.05, 0) is 31.0 Å². The maximum absolute atomic E-state index is 9.18. The van der Waals surface area contributed by atoms with Crippen LogP contribution in [-0.2, 0) is 22.5 Å². The largest absolute Gasteiger partial charge is 0.468 e. The summed E-state index contributed by atoms with van der Waals surface area (Å²) in [5.41, 5.74) is 3.06. The van der Waals surface area contributed by atoms with E-state index in [-0.39, 0.29) is 0 Å². The quantitative estimate of drug-likeness (QED) is 0.753. The van der Waals surface area contributed by atoms with Crippen molar-refractivity contribution in [3.63, 3.8) is 0 Å². The molecule has 0 radical (unpaired) electrons. The minimum absolute atomic E-state index is 0.431. The molecule has 1 aromatic rings. The second kappa shape index (κ2) is 7.85. The first-order valence-electron chi connectivity index (χ1n) is 6.16. The van der Waals surface area contributed by atoms with Crippen LogP contribution < -0.4 is 0 Å². The van der Waals surface area contributed by atoms with E-state index < -0.39 is 0 Å². The summed E-state index contributed by atoms with van der Waals surface area (Å²) in [5.74, 6) is 0. The van der Waals surface area contributed by atoms with Crippen LogP contribution in [0.5, 0.6) is 0 Å². The predicted molar refractivity (Wildman–Crippen MR) is 68.8 cm³/mol. The van der Waals surface area contributed by atoms with E-state index in [1.807, 2.05) is 0 Å². The molecule has 0 aromatic heterocycles. The van der Waals surface area contributed by atoms with Crippen LogP contribution in [0.3, 0.4) is 0 Å². The third kappa shape index (κ3) is 4.57. The highest BCUT2D eigenvalue weighted by atomic mass is 16.5. The summed E-state index contributed by atoms with van der Waals surface area (Å²) >= 11 is 0. The highest BCUT2D eigenvalue weighted by molar-refractivity contribution is 5.36. The molecule has 0 fully saturated rings. The van der Waals surface area contributed by atoms with Gasteiger partial charge in [0.15, 0.2) is 0 Å². The van der Waals surface area contributed by atoms with Crippen LogP contribution in [0, 0.1) is 0 Å². The van der Waals surface area contributed by atoms with Gasteiger partial charge in [-0.15, -0.1) is 0 Å². The molecule has 1 heterocycles. The van der Waals surface area contributed by atoms with Crippen molar-refractivity contribution < 1.29 is 9.53 Å². The number of carbonyl (C=O) groups excluding carboxylic acids is 1. The summed E-state index contributed by atoms with van der Waals surface area (Å²) in [6.07, 6.45) is 1.23. The molecular weight excluding hydrogens is 214 g/mol. The van der Waals surface area contributed by atoms with E-state index in [1.165, 1.54) is 25.1 Å². The van der Waals surface area contributed by atoms with Crippen molar-refractivity contribution in [2.75, 3.05) is 19.7 Å². The SMILES string of the molecule is CCN1CCc2ccccc2C1.CCOC=O. The van der Waals surface area contributed by atoms with Crippen molar-refractivity contribution in [3.05, 3.63) is 35.4 Å². The maximum Gasteiger partial charge on any atom is 0.293 e. The van der Waals surface area contributed by atoms with Crippen molar-refractivity contribution in [1.82, 2.24) is 4.90 Å². The summed E-state index contributed by atoms with van der Waals surface area (Å²) < 4.78 is 4.15. The molecule has 0 unspecified atom stereocenters. The van der Waals surface area contributed by atoms with Crippen LogP contribution in [0.15, 0.2) is 24.3 Å². The van der Waals surface area contributed by atoms with Gasteiger partial charge in [0.1, 0.15) is 0 Å². The summed E-state index contributed by atoms with van der Waals surface area (Å²) in [4.78, 5) is 11.7. The number of ether oxygens (including phenoxy) is 1. The highest BCUT2D eigenvalue weighted by Crippen LogP contribution is 2.17. The summed E-state index contributed by atoms with van der Waals surface area (Å²) in [6.45, 7) is 8.44. The van der Waals surface area contributed by atoms with Crippen LogP contribution in [-0.4, -0.2) is 31.1 Å². The molecule has 0 aliphatic carbocycles. The molecule has 1 aromatic carbocycles. The van der Waals surface area contributed by atoms with Crippen molar-refractivity contribution in [1.29, 1.82) is 0 Å². The predicted octanol–water partition coefficient (Wildman–Crippen LogP) is 2.24. The number of hydrogen-bond donors (Lipinski definition) is 0. The molecule has 2 rings (SSSR count). The van der Waals surface area contributed by atoms with E-state index in [2.05, 4.69) is 40.8 Å². The van der Waals surface area contributed by atoms with E-state index in [9.17, 15) is 4.79 Å². The van der Waals surface area contributed by atoms with Crippen LogP contribution in [0.2, 0.25) is 0 Å². The Morgan fingerprint density at radius 1 is 1.29 bits per heavy atom. The summed E-state index contributed by atoms with van der Waals surface area (Å²) in [5, 5.41) is 0. The first-order chi connectivity index (χ1) is 8.31. The first-order valence-corrected chi connectivity index (χ1v) is 6.16. The second-order valence-electron chi connectivity index (χ2n) is 3.94. The molecule has 3 nitrogen and oxygen atoms in total. The molecule has 1 aliphatic heterocycles. The lowest BCUT2D eigenvalue weighted by Gasteiger charge is -2.27. The van der Waals surface area contributed by atoms with E-state index in [0.29, 0.717) is 13.1 Å². The monoisotopic (exact) mass is 235 g/mol. The topological polar surface area (TPSA) is 29.5 Å². The molecule has 0 atom stereocenters. The molecule has 1 aliphatic rings. The molecule has 3 heteroatoms. The van der Waals surface area contributed by atoms with Gasteiger partial charge in [0.05, 0.1) is 6.61 Å². The average Bonchev–Trinajstić information content (AvgIpc) is 2.40. The Labute approximate surface area is 103 Å². The van der Waals surface area contributed by atoms with Gasteiger partial charge in [-0.2, -0.15) is 0 Å². The Hall–Kier alpha value is -1.35. The lowest BCUT2D eigenvalue weighted by atomic mass is 10.0. The Morgan fingerprint density at radius 3 is 2.53 bits per heavy atom. The molecule has 0 N–H and O–H groups in total. The lowest BCUT2D eigenvalue weighted by molar-refractivity contribution is -0.128. The number of fused-ring (bicyclic) bond motifs is 1. The summed E-state index contributed by atoms with van der Waals surface area (Å²) in [6, 6.07) is 8.78. The van der Waals surface area contributed by atoms with Crippen LogP contribution in [0.25, 0.3) is 0 Å².